The van der Waals surface area contributed by atoms with Crippen molar-refractivity contribution in [2.45, 2.75) is 0 Å². The number of benzene rings is 2. The first kappa shape index (κ1) is 16.3. The molecule has 0 saturated heterocycles. The van der Waals surface area contributed by atoms with Crippen molar-refractivity contribution < 1.29 is 4.79 Å². The van der Waals surface area contributed by atoms with E-state index in [2.05, 4.69) is 15.5 Å². The molecule has 0 spiro atoms. The summed E-state index contributed by atoms with van der Waals surface area (Å²) < 4.78 is 0. The van der Waals surface area contributed by atoms with Crippen molar-refractivity contribution in [3.8, 4) is 0 Å². The number of hydrogen-bond donors (Lipinski definition) is 1. The molecule has 0 fully saturated rings. The van der Waals surface area contributed by atoms with Gasteiger partial charge >= 0.3 is 0 Å². The Morgan fingerprint density at radius 2 is 1.56 bits per heavy atom. The van der Waals surface area contributed by atoms with E-state index in [-0.39, 0.29) is 5.91 Å². The minimum Gasteiger partial charge on any atom is -0.267 e. The van der Waals surface area contributed by atoms with E-state index in [1.54, 1.807) is 18.3 Å². The maximum absolute atomic E-state index is 12.2. The molecule has 0 saturated carbocycles. The Labute approximate surface area is 146 Å². The second kappa shape index (κ2) is 8.36. The fourth-order valence-corrected chi connectivity index (χ4v) is 2.22. The lowest BCUT2D eigenvalue weighted by Gasteiger charge is -2.04. The van der Waals surface area contributed by atoms with Crippen LogP contribution in [0.5, 0.6) is 0 Å². The van der Waals surface area contributed by atoms with E-state index in [0.717, 1.165) is 11.1 Å². The van der Waals surface area contributed by atoms with Crippen LogP contribution in [0.4, 0.5) is 0 Å². The lowest BCUT2D eigenvalue weighted by atomic mass is 10.1. The zero-order valence-corrected chi connectivity index (χ0v) is 13.5. The van der Waals surface area contributed by atoms with Gasteiger partial charge in [-0.3, -0.25) is 9.78 Å². The molecule has 2 aromatic carbocycles. The molecular formula is C21H17N3O. The van der Waals surface area contributed by atoms with Gasteiger partial charge in [0.2, 0.25) is 0 Å². The predicted octanol–water partition coefficient (Wildman–Crippen LogP) is 3.93. The first-order chi connectivity index (χ1) is 12.3. The topological polar surface area (TPSA) is 54.4 Å². The zero-order chi connectivity index (χ0) is 17.3. The molecule has 0 radical (unpaired) electrons. The number of nitrogens with zero attached hydrogens (tertiary/aromatic N) is 2. The van der Waals surface area contributed by atoms with Gasteiger partial charge in [0, 0.05) is 18.0 Å². The number of nitrogens with one attached hydrogen (secondary N) is 1. The molecule has 0 aliphatic heterocycles. The Kier molecular flexibility index (Phi) is 5.46. The van der Waals surface area contributed by atoms with E-state index < -0.39 is 0 Å². The lowest BCUT2D eigenvalue weighted by molar-refractivity contribution is 0.0954. The number of rotatable bonds is 5. The molecule has 1 amide bonds. The quantitative estimate of drug-likeness (QED) is 0.570. The minimum atomic E-state index is -0.297. The maximum atomic E-state index is 12.2. The van der Waals surface area contributed by atoms with E-state index in [4.69, 9.17) is 0 Å². The summed E-state index contributed by atoms with van der Waals surface area (Å²) in [5, 5.41) is 4.29. The fourth-order valence-electron chi connectivity index (χ4n) is 2.22. The Hall–Kier alpha value is -3.53. The molecule has 0 bridgehead atoms. The lowest BCUT2D eigenvalue weighted by Crippen LogP contribution is -2.19. The van der Waals surface area contributed by atoms with Crippen molar-refractivity contribution in [1.82, 2.24) is 10.4 Å². The SMILES string of the molecule is O=C(NN=C(/C=C/c1ccccc1)c1ccccc1)c1cccnc1. The molecule has 4 heteroatoms. The van der Waals surface area contributed by atoms with Gasteiger partial charge in [0.25, 0.3) is 5.91 Å². The van der Waals surface area contributed by atoms with Gasteiger partial charge in [0.1, 0.15) is 0 Å². The molecule has 3 aromatic rings. The number of carbonyl (C=O) groups excluding carboxylic acids is 1. The fraction of sp³-hybridized carbons (Fsp3) is 0. The summed E-state index contributed by atoms with van der Waals surface area (Å²) in [6.45, 7) is 0. The molecule has 3 rings (SSSR count). The van der Waals surface area contributed by atoms with E-state index in [0.29, 0.717) is 11.3 Å². The van der Waals surface area contributed by atoms with Crippen LogP contribution in [-0.4, -0.2) is 16.6 Å². The molecule has 0 aliphatic carbocycles. The smallest absolute Gasteiger partial charge is 0.267 e. The predicted molar refractivity (Wildman–Crippen MR) is 100 cm³/mol. The second-order valence-electron chi connectivity index (χ2n) is 5.29. The van der Waals surface area contributed by atoms with Crippen LogP contribution >= 0.6 is 0 Å². The average Bonchev–Trinajstić information content (AvgIpc) is 2.70. The van der Waals surface area contributed by atoms with Crippen molar-refractivity contribution in [3.63, 3.8) is 0 Å². The van der Waals surface area contributed by atoms with Crippen LogP contribution in [0.1, 0.15) is 21.5 Å². The summed E-state index contributed by atoms with van der Waals surface area (Å²) in [7, 11) is 0. The van der Waals surface area contributed by atoms with Gasteiger partial charge in [0.15, 0.2) is 0 Å². The number of hydrazone groups is 1. The van der Waals surface area contributed by atoms with Crippen LogP contribution in [0.25, 0.3) is 6.08 Å². The highest BCUT2D eigenvalue weighted by Gasteiger charge is 2.05. The van der Waals surface area contributed by atoms with Crippen molar-refractivity contribution in [2.24, 2.45) is 5.10 Å². The van der Waals surface area contributed by atoms with Gasteiger partial charge in [-0.1, -0.05) is 66.7 Å². The van der Waals surface area contributed by atoms with Crippen molar-refractivity contribution in [3.05, 3.63) is 108 Å². The van der Waals surface area contributed by atoms with E-state index >= 15 is 0 Å². The Morgan fingerprint density at radius 3 is 2.24 bits per heavy atom. The van der Waals surface area contributed by atoms with Crippen molar-refractivity contribution in [1.29, 1.82) is 0 Å². The second-order valence-corrected chi connectivity index (χ2v) is 5.29. The first-order valence-electron chi connectivity index (χ1n) is 7.89. The van der Waals surface area contributed by atoms with Crippen molar-refractivity contribution >= 4 is 17.7 Å². The summed E-state index contributed by atoms with van der Waals surface area (Å²) in [6, 6.07) is 23.1. The molecule has 122 valence electrons. The number of aromatic nitrogens is 1. The Balaban J connectivity index is 1.84. The van der Waals surface area contributed by atoms with Gasteiger partial charge < -0.3 is 0 Å². The third-order valence-electron chi connectivity index (χ3n) is 3.50. The number of amides is 1. The average molecular weight is 327 g/mol. The van der Waals surface area contributed by atoms with Crippen LogP contribution in [0.3, 0.4) is 0 Å². The number of allylic oxidation sites excluding steroid dienone is 1. The summed E-state index contributed by atoms with van der Waals surface area (Å²) in [5.41, 5.74) is 5.70. The van der Waals surface area contributed by atoms with Gasteiger partial charge in [-0.15, -0.1) is 0 Å². The largest absolute Gasteiger partial charge is 0.272 e. The number of pyridine rings is 1. The normalized spacial score (nSPS) is 11.4. The van der Waals surface area contributed by atoms with Crippen LogP contribution in [0.2, 0.25) is 0 Å². The van der Waals surface area contributed by atoms with E-state index in [1.807, 2.05) is 72.8 Å². The Morgan fingerprint density at radius 1 is 0.880 bits per heavy atom. The molecule has 1 aromatic heterocycles. The first-order valence-corrected chi connectivity index (χ1v) is 7.89. The van der Waals surface area contributed by atoms with Gasteiger partial charge in [-0.25, -0.2) is 5.43 Å². The Bertz CT molecular complexity index is 873. The highest BCUT2D eigenvalue weighted by Crippen LogP contribution is 2.07. The van der Waals surface area contributed by atoms with Gasteiger partial charge in [0.05, 0.1) is 11.3 Å². The number of hydrogen-bond acceptors (Lipinski definition) is 3. The van der Waals surface area contributed by atoms with Crippen LogP contribution in [-0.2, 0) is 0 Å². The van der Waals surface area contributed by atoms with E-state index in [9.17, 15) is 4.79 Å². The molecule has 1 heterocycles. The van der Waals surface area contributed by atoms with Gasteiger partial charge in [-0.05, 0) is 23.8 Å². The van der Waals surface area contributed by atoms with Crippen LogP contribution < -0.4 is 5.43 Å². The van der Waals surface area contributed by atoms with Crippen LogP contribution in [0.15, 0.2) is 96.4 Å². The summed E-state index contributed by atoms with van der Waals surface area (Å²) in [5.74, 6) is -0.297. The molecule has 0 unspecified atom stereocenters. The summed E-state index contributed by atoms with van der Waals surface area (Å²) in [6.07, 6.45) is 6.97. The highest BCUT2D eigenvalue weighted by atomic mass is 16.2. The number of carbonyl (C=O) groups is 1. The molecule has 4 nitrogen and oxygen atoms in total. The molecule has 1 N–H and O–H groups in total. The summed E-state index contributed by atoms with van der Waals surface area (Å²) >= 11 is 0. The third-order valence-corrected chi connectivity index (χ3v) is 3.50. The molecule has 25 heavy (non-hydrogen) atoms. The van der Waals surface area contributed by atoms with Crippen molar-refractivity contribution in [2.75, 3.05) is 0 Å². The zero-order valence-electron chi connectivity index (χ0n) is 13.5. The monoisotopic (exact) mass is 327 g/mol. The molecular weight excluding hydrogens is 310 g/mol. The maximum Gasteiger partial charge on any atom is 0.272 e. The molecule has 0 aliphatic rings. The third kappa shape index (κ3) is 4.72. The standard InChI is InChI=1S/C21H17N3O/c25-21(19-12-7-15-22-16-19)24-23-20(18-10-5-2-6-11-18)14-13-17-8-3-1-4-9-17/h1-16H,(H,24,25)/b14-13+,23-20?. The molecule has 0 atom stereocenters. The van der Waals surface area contributed by atoms with E-state index in [1.165, 1.54) is 6.20 Å². The highest BCUT2D eigenvalue weighted by molar-refractivity contribution is 6.11. The van der Waals surface area contributed by atoms with Crippen LogP contribution in [0, 0.1) is 0 Å². The minimum absolute atomic E-state index is 0.297. The summed E-state index contributed by atoms with van der Waals surface area (Å²) in [4.78, 5) is 16.1. The van der Waals surface area contributed by atoms with Gasteiger partial charge in [-0.2, -0.15) is 5.10 Å².